The van der Waals surface area contributed by atoms with Crippen molar-refractivity contribution in [3.63, 3.8) is 0 Å². The molecule has 0 aliphatic heterocycles. The van der Waals surface area contributed by atoms with Crippen molar-refractivity contribution in [1.29, 1.82) is 0 Å². The SMILES string of the molecule is CCCCCN(C(=O)c1n[nH]c(C)c1N)C(C)C. The Morgan fingerprint density at radius 2 is 2.11 bits per heavy atom. The van der Waals surface area contributed by atoms with E-state index in [1.165, 1.54) is 0 Å². The molecule has 1 amide bonds. The number of nitrogens with two attached hydrogens (primary N) is 1. The minimum atomic E-state index is -0.0806. The summed E-state index contributed by atoms with van der Waals surface area (Å²) in [5.74, 6) is -0.0806. The first-order chi connectivity index (χ1) is 8.49. The highest BCUT2D eigenvalue weighted by atomic mass is 16.2. The number of unbranched alkanes of at least 4 members (excludes halogenated alkanes) is 2. The number of H-pyrrole nitrogens is 1. The van der Waals surface area contributed by atoms with E-state index in [1.807, 2.05) is 25.7 Å². The van der Waals surface area contributed by atoms with E-state index in [2.05, 4.69) is 17.1 Å². The van der Waals surface area contributed by atoms with Crippen LogP contribution in [0.5, 0.6) is 0 Å². The largest absolute Gasteiger partial charge is 0.395 e. The maximum absolute atomic E-state index is 12.4. The van der Waals surface area contributed by atoms with Crippen LogP contribution in [-0.2, 0) is 0 Å². The molecule has 1 aromatic rings. The Morgan fingerprint density at radius 1 is 1.44 bits per heavy atom. The van der Waals surface area contributed by atoms with E-state index in [4.69, 9.17) is 5.73 Å². The summed E-state index contributed by atoms with van der Waals surface area (Å²) in [6, 6.07) is 0.158. The second kappa shape index (κ2) is 6.42. The van der Waals surface area contributed by atoms with E-state index < -0.39 is 0 Å². The van der Waals surface area contributed by atoms with Crippen molar-refractivity contribution in [1.82, 2.24) is 15.1 Å². The summed E-state index contributed by atoms with van der Waals surface area (Å²) in [6.45, 7) is 8.75. The van der Waals surface area contributed by atoms with Gasteiger partial charge in [-0.1, -0.05) is 19.8 Å². The zero-order valence-corrected chi connectivity index (χ0v) is 11.8. The van der Waals surface area contributed by atoms with Crippen LogP contribution in [0.15, 0.2) is 0 Å². The van der Waals surface area contributed by atoms with Crippen molar-refractivity contribution < 1.29 is 4.79 Å². The maximum atomic E-state index is 12.4. The lowest BCUT2D eigenvalue weighted by Crippen LogP contribution is -2.38. The molecule has 5 nitrogen and oxygen atoms in total. The van der Waals surface area contributed by atoms with E-state index >= 15 is 0 Å². The molecule has 0 unspecified atom stereocenters. The van der Waals surface area contributed by atoms with E-state index in [0.29, 0.717) is 11.4 Å². The second-order valence-electron chi connectivity index (χ2n) is 4.91. The van der Waals surface area contributed by atoms with Gasteiger partial charge in [-0.15, -0.1) is 0 Å². The molecule has 0 radical (unpaired) electrons. The monoisotopic (exact) mass is 252 g/mol. The molecule has 0 atom stereocenters. The van der Waals surface area contributed by atoms with Crippen molar-refractivity contribution >= 4 is 11.6 Å². The van der Waals surface area contributed by atoms with Gasteiger partial charge in [-0.25, -0.2) is 0 Å². The zero-order valence-electron chi connectivity index (χ0n) is 11.8. The Labute approximate surface area is 109 Å². The number of nitrogen functional groups attached to an aromatic ring is 1. The van der Waals surface area contributed by atoms with Gasteiger partial charge in [0.15, 0.2) is 5.69 Å². The lowest BCUT2D eigenvalue weighted by atomic mass is 10.2. The summed E-state index contributed by atoms with van der Waals surface area (Å²) >= 11 is 0. The number of nitrogens with zero attached hydrogens (tertiary/aromatic N) is 2. The third-order valence-electron chi connectivity index (χ3n) is 3.08. The first-order valence-corrected chi connectivity index (χ1v) is 6.60. The normalized spacial score (nSPS) is 10.9. The lowest BCUT2D eigenvalue weighted by Gasteiger charge is -2.26. The first kappa shape index (κ1) is 14.5. The van der Waals surface area contributed by atoms with Crippen molar-refractivity contribution in [2.24, 2.45) is 0 Å². The van der Waals surface area contributed by atoms with Gasteiger partial charge in [0.05, 0.1) is 11.4 Å². The van der Waals surface area contributed by atoms with Crippen LogP contribution in [0.25, 0.3) is 0 Å². The molecule has 0 aromatic carbocycles. The number of aromatic amines is 1. The Balaban J connectivity index is 2.79. The Bertz CT molecular complexity index is 398. The molecule has 0 saturated heterocycles. The molecule has 102 valence electrons. The minimum absolute atomic E-state index is 0.0806. The van der Waals surface area contributed by atoms with Crippen molar-refractivity contribution in [2.45, 2.75) is 53.0 Å². The molecule has 18 heavy (non-hydrogen) atoms. The average molecular weight is 252 g/mol. The van der Waals surface area contributed by atoms with Crippen LogP contribution in [0.1, 0.15) is 56.2 Å². The number of rotatable bonds is 6. The standard InChI is InChI=1S/C13H24N4O/c1-5-6-7-8-17(9(2)3)13(18)12-11(14)10(4)15-16-12/h9H,5-8,14H2,1-4H3,(H,15,16). The number of hydrogen-bond donors (Lipinski definition) is 2. The topological polar surface area (TPSA) is 75.0 Å². The molecule has 1 rings (SSSR count). The van der Waals surface area contributed by atoms with Gasteiger partial charge >= 0.3 is 0 Å². The van der Waals surface area contributed by atoms with Gasteiger partial charge in [0, 0.05) is 12.6 Å². The fourth-order valence-electron chi connectivity index (χ4n) is 1.86. The van der Waals surface area contributed by atoms with Crippen LogP contribution < -0.4 is 5.73 Å². The van der Waals surface area contributed by atoms with Crippen LogP contribution in [0.2, 0.25) is 0 Å². The van der Waals surface area contributed by atoms with E-state index in [0.717, 1.165) is 31.5 Å². The Hall–Kier alpha value is -1.52. The van der Waals surface area contributed by atoms with E-state index in [1.54, 1.807) is 0 Å². The van der Waals surface area contributed by atoms with Crippen LogP contribution in [-0.4, -0.2) is 33.6 Å². The van der Waals surface area contributed by atoms with Crippen LogP contribution >= 0.6 is 0 Å². The van der Waals surface area contributed by atoms with Gasteiger partial charge in [-0.3, -0.25) is 9.89 Å². The predicted octanol–water partition coefficient (Wildman–Crippen LogP) is 2.34. The van der Waals surface area contributed by atoms with Gasteiger partial charge in [0.1, 0.15) is 0 Å². The van der Waals surface area contributed by atoms with Crippen LogP contribution in [0.3, 0.4) is 0 Å². The molecule has 0 saturated carbocycles. The molecular formula is C13H24N4O. The molecule has 1 aromatic heterocycles. The Morgan fingerprint density at radius 3 is 2.56 bits per heavy atom. The predicted molar refractivity (Wildman–Crippen MR) is 73.4 cm³/mol. The van der Waals surface area contributed by atoms with Crippen molar-refractivity contribution in [2.75, 3.05) is 12.3 Å². The summed E-state index contributed by atoms with van der Waals surface area (Å²) in [4.78, 5) is 14.2. The van der Waals surface area contributed by atoms with E-state index in [9.17, 15) is 4.79 Å². The highest BCUT2D eigenvalue weighted by Gasteiger charge is 2.23. The molecule has 0 aliphatic rings. The lowest BCUT2D eigenvalue weighted by molar-refractivity contribution is 0.0697. The zero-order chi connectivity index (χ0) is 13.7. The summed E-state index contributed by atoms with van der Waals surface area (Å²) < 4.78 is 0. The number of aryl methyl sites for hydroxylation is 1. The molecule has 0 bridgehead atoms. The van der Waals surface area contributed by atoms with Crippen molar-refractivity contribution in [3.05, 3.63) is 11.4 Å². The average Bonchev–Trinajstić information content (AvgIpc) is 2.64. The number of nitrogens with one attached hydrogen (secondary N) is 1. The maximum Gasteiger partial charge on any atom is 0.276 e. The fourth-order valence-corrected chi connectivity index (χ4v) is 1.86. The highest BCUT2D eigenvalue weighted by Crippen LogP contribution is 2.16. The Kier molecular flexibility index (Phi) is 5.19. The van der Waals surface area contributed by atoms with Crippen LogP contribution in [0, 0.1) is 6.92 Å². The van der Waals surface area contributed by atoms with E-state index in [-0.39, 0.29) is 11.9 Å². The van der Waals surface area contributed by atoms with Gasteiger partial charge < -0.3 is 10.6 Å². The number of carbonyl (C=O) groups excluding carboxylic acids is 1. The fraction of sp³-hybridized carbons (Fsp3) is 0.692. The number of hydrogen-bond acceptors (Lipinski definition) is 3. The molecule has 0 aliphatic carbocycles. The van der Waals surface area contributed by atoms with Crippen LogP contribution in [0.4, 0.5) is 5.69 Å². The summed E-state index contributed by atoms with van der Waals surface area (Å²) in [5, 5.41) is 6.76. The summed E-state index contributed by atoms with van der Waals surface area (Å²) in [6.07, 6.45) is 3.29. The number of amides is 1. The highest BCUT2D eigenvalue weighted by molar-refractivity contribution is 5.97. The van der Waals surface area contributed by atoms with Gasteiger partial charge in [0.25, 0.3) is 5.91 Å². The molecule has 1 heterocycles. The summed E-state index contributed by atoms with van der Waals surface area (Å²) in [7, 11) is 0. The quantitative estimate of drug-likeness (QED) is 0.763. The van der Waals surface area contributed by atoms with Gasteiger partial charge in [-0.2, -0.15) is 5.10 Å². The van der Waals surface area contributed by atoms with Gasteiger partial charge in [-0.05, 0) is 27.2 Å². The first-order valence-electron chi connectivity index (χ1n) is 6.60. The third kappa shape index (κ3) is 3.24. The minimum Gasteiger partial charge on any atom is -0.395 e. The number of carbonyl (C=O) groups is 1. The molecule has 3 N–H and O–H groups in total. The number of aromatic nitrogens is 2. The smallest absolute Gasteiger partial charge is 0.276 e. The number of anilines is 1. The second-order valence-corrected chi connectivity index (χ2v) is 4.91. The molecule has 5 heteroatoms. The molecule has 0 fully saturated rings. The third-order valence-corrected chi connectivity index (χ3v) is 3.08. The van der Waals surface area contributed by atoms with Gasteiger partial charge in [0.2, 0.25) is 0 Å². The molecular weight excluding hydrogens is 228 g/mol. The summed E-state index contributed by atoms with van der Waals surface area (Å²) in [5.41, 5.74) is 7.41. The molecule has 0 spiro atoms. The van der Waals surface area contributed by atoms with Crippen molar-refractivity contribution in [3.8, 4) is 0 Å².